The number of nitrogens with zero attached hydrogens (tertiary/aromatic N) is 4. The van der Waals surface area contributed by atoms with Crippen LogP contribution < -0.4 is 10.1 Å². The van der Waals surface area contributed by atoms with E-state index in [0.717, 1.165) is 35.5 Å². The van der Waals surface area contributed by atoms with E-state index in [1.807, 2.05) is 13.8 Å². The van der Waals surface area contributed by atoms with Gasteiger partial charge in [0, 0.05) is 30.8 Å². The molecule has 8 heteroatoms. The predicted molar refractivity (Wildman–Crippen MR) is 115 cm³/mol. The summed E-state index contributed by atoms with van der Waals surface area (Å²) in [6, 6.07) is 4.92. The zero-order valence-corrected chi connectivity index (χ0v) is 18.2. The first-order valence-electron chi connectivity index (χ1n) is 10.5. The molecule has 31 heavy (non-hydrogen) atoms. The molecule has 4 rings (SSSR count). The minimum absolute atomic E-state index is 0.224. The molecule has 0 aliphatic carbocycles. The van der Waals surface area contributed by atoms with E-state index in [2.05, 4.69) is 27.3 Å². The van der Waals surface area contributed by atoms with Gasteiger partial charge >= 0.3 is 0 Å². The maximum absolute atomic E-state index is 14.5. The lowest BCUT2D eigenvalue weighted by Gasteiger charge is -2.14. The third-order valence-corrected chi connectivity index (χ3v) is 5.41. The van der Waals surface area contributed by atoms with Gasteiger partial charge in [0.15, 0.2) is 0 Å². The summed E-state index contributed by atoms with van der Waals surface area (Å²) >= 11 is 0. The maximum atomic E-state index is 14.5. The fourth-order valence-corrected chi connectivity index (χ4v) is 3.87. The van der Waals surface area contributed by atoms with Crippen LogP contribution in [-0.4, -0.2) is 38.3 Å². The van der Waals surface area contributed by atoms with Crippen LogP contribution >= 0.6 is 0 Å². The summed E-state index contributed by atoms with van der Waals surface area (Å²) in [6.07, 6.45) is 3.50. The van der Waals surface area contributed by atoms with Crippen molar-refractivity contribution in [3.05, 3.63) is 58.6 Å². The summed E-state index contributed by atoms with van der Waals surface area (Å²) in [7, 11) is 1.75. The van der Waals surface area contributed by atoms with Crippen LogP contribution in [0.15, 0.2) is 24.4 Å². The molecule has 162 valence electrons. The molecule has 0 spiro atoms. The second-order valence-corrected chi connectivity index (χ2v) is 7.90. The van der Waals surface area contributed by atoms with Crippen LogP contribution in [0.4, 0.5) is 4.39 Å². The fourth-order valence-electron chi connectivity index (χ4n) is 3.87. The summed E-state index contributed by atoms with van der Waals surface area (Å²) in [6.45, 7) is 6.06. The van der Waals surface area contributed by atoms with Crippen molar-refractivity contribution in [3.63, 3.8) is 0 Å². The Kier molecular flexibility index (Phi) is 5.71. The minimum Gasteiger partial charge on any atom is -0.487 e. The van der Waals surface area contributed by atoms with Crippen molar-refractivity contribution in [1.29, 1.82) is 0 Å². The van der Waals surface area contributed by atoms with Gasteiger partial charge in [-0.15, -0.1) is 0 Å². The third-order valence-electron chi connectivity index (χ3n) is 5.41. The Balaban J connectivity index is 1.51. The number of carbonyl (C=O) groups excluding carboxylic acids is 1. The lowest BCUT2D eigenvalue weighted by atomic mass is 10.0. The second-order valence-electron chi connectivity index (χ2n) is 7.90. The van der Waals surface area contributed by atoms with Crippen molar-refractivity contribution in [1.82, 2.24) is 25.1 Å². The zero-order valence-electron chi connectivity index (χ0n) is 18.2. The third kappa shape index (κ3) is 4.15. The number of hydrogen-bond acceptors (Lipinski definition) is 5. The van der Waals surface area contributed by atoms with Gasteiger partial charge in [0.2, 0.25) is 0 Å². The van der Waals surface area contributed by atoms with Gasteiger partial charge in [0.05, 0.1) is 29.3 Å². The zero-order chi connectivity index (χ0) is 22.1. The molecular formula is C23H26FN5O2. The second kappa shape index (κ2) is 8.45. The van der Waals surface area contributed by atoms with E-state index < -0.39 is 0 Å². The largest absolute Gasteiger partial charge is 0.487 e. The molecule has 1 aliphatic heterocycles. The van der Waals surface area contributed by atoms with Crippen molar-refractivity contribution in [2.24, 2.45) is 7.05 Å². The lowest BCUT2D eigenvalue weighted by molar-refractivity contribution is 0.0924. The highest BCUT2D eigenvalue weighted by Crippen LogP contribution is 2.40. The molecule has 1 aliphatic rings. The van der Waals surface area contributed by atoms with Gasteiger partial charge in [-0.1, -0.05) is 13.3 Å². The van der Waals surface area contributed by atoms with Crippen molar-refractivity contribution >= 4 is 5.91 Å². The predicted octanol–water partition coefficient (Wildman–Crippen LogP) is 3.32. The van der Waals surface area contributed by atoms with E-state index in [9.17, 15) is 9.18 Å². The highest BCUT2D eigenvalue weighted by Gasteiger charge is 2.30. The molecule has 0 bridgehead atoms. The van der Waals surface area contributed by atoms with Gasteiger partial charge in [0.25, 0.3) is 5.91 Å². The smallest absolute Gasteiger partial charge is 0.269 e. The fraction of sp³-hybridized carbons (Fsp3) is 0.391. The monoisotopic (exact) mass is 423 g/mol. The average molecular weight is 423 g/mol. The van der Waals surface area contributed by atoms with Gasteiger partial charge < -0.3 is 10.1 Å². The molecule has 2 aromatic heterocycles. The molecule has 1 N–H and O–H groups in total. The van der Waals surface area contributed by atoms with Gasteiger partial charge in [-0.05, 0) is 38.5 Å². The normalized spacial score (nSPS) is 14.9. The van der Waals surface area contributed by atoms with Crippen LogP contribution in [0.5, 0.6) is 5.75 Å². The van der Waals surface area contributed by atoms with E-state index in [4.69, 9.17) is 4.74 Å². The Hall–Kier alpha value is -3.29. The molecule has 3 heterocycles. The van der Waals surface area contributed by atoms with Gasteiger partial charge in [-0.2, -0.15) is 5.10 Å². The number of aryl methyl sites for hydroxylation is 4. The first-order chi connectivity index (χ1) is 14.9. The summed E-state index contributed by atoms with van der Waals surface area (Å²) in [5.74, 6) is -0.0623. The van der Waals surface area contributed by atoms with E-state index in [1.165, 1.54) is 6.07 Å². The Morgan fingerprint density at radius 3 is 2.94 bits per heavy atom. The van der Waals surface area contributed by atoms with Crippen LogP contribution in [0.1, 0.15) is 46.5 Å². The van der Waals surface area contributed by atoms with E-state index in [-0.39, 0.29) is 24.4 Å². The van der Waals surface area contributed by atoms with Gasteiger partial charge in [-0.25, -0.2) is 9.37 Å². The molecule has 0 saturated heterocycles. The first-order valence-corrected chi connectivity index (χ1v) is 10.5. The van der Waals surface area contributed by atoms with Crippen molar-refractivity contribution in [3.8, 4) is 17.0 Å². The molecule has 3 aromatic rings. The van der Waals surface area contributed by atoms with Crippen molar-refractivity contribution in [2.75, 3.05) is 6.54 Å². The van der Waals surface area contributed by atoms with E-state index in [0.29, 0.717) is 29.1 Å². The number of nitrogens with one attached hydrogen (secondary N) is 1. The highest BCUT2D eigenvalue weighted by molar-refractivity contribution is 5.92. The molecule has 1 atom stereocenters. The van der Waals surface area contributed by atoms with Crippen LogP contribution in [0.3, 0.4) is 0 Å². The summed E-state index contributed by atoms with van der Waals surface area (Å²) in [5, 5.41) is 7.26. The molecule has 1 amide bonds. The van der Waals surface area contributed by atoms with Crippen LogP contribution in [-0.2, 0) is 19.9 Å². The molecule has 0 radical (unpaired) electrons. The SMILES string of the molecule is CCCc1cc(C(=O)NC[C@@H]2Cc3c(F)ccc(-c4nc(C)cnc4C)c3O2)n(C)n1. The number of carbonyl (C=O) groups is 1. The quantitative estimate of drug-likeness (QED) is 0.658. The van der Waals surface area contributed by atoms with E-state index >= 15 is 0 Å². The molecule has 0 unspecified atom stereocenters. The number of rotatable bonds is 6. The van der Waals surface area contributed by atoms with E-state index in [1.54, 1.807) is 30.1 Å². The standard InChI is InChI=1S/C23H26FN5O2/c1-5-6-15-9-20(29(4)28-15)23(30)26-12-16-10-18-19(24)8-7-17(22(18)31-16)21-14(3)25-11-13(2)27-21/h7-9,11,16H,5-6,10,12H2,1-4H3,(H,26,30)/t16-/m0/s1. The summed E-state index contributed by atoms with van der Waals surface area (Å²) in [4.78, 5) is 21.6. The van der Waals surface area contributed by atoms with Crippen molar-refractivity contribution < 1.29 is 13.9 Å². The average Bonchev–Trinajstić information content (AvgIpc) is 3.33. The molecule has 1 aromatic carbocycles. The number of benzene rings is 1. The Bertz CT molecular complexity index is 1140. The summed E-state index contributed by atoms with van der Waals surface area (Å²) in [5.41, 5.74) is 4.81. The van der Waals surface area contributed by atoms with Crippen LogP contribution in [0.2, 0.25) is 0 Å². The first kappa shape index (κ1) is 21.0. The topological polar surface area (TPSA) is 81.9 Å². The molecule has 0 saturated carbocycles. The number of hydrogen-bond donors (Lipinski definition) is 1. The molecule has 0 fully saturated rings. The summed E-state index contributed by atoms with van der Waals surface area (Å²) < 4.78 is 22.2. The number of aromatic nitrogens is 4. The Morgan fingerprint density at radius 2 is 2.16 bits per heavy atom. The van der Waals surface area contributed by atoms with Crippen molar-refractivity contribution in [2.45, 2.75) is 46.1 Å². The van der Waals surface area contributed by atoms with Crippen LogP contribution in [0, 0.1) is 19.7 Å². The van der Waals surface area contributed by atoms with Gasteiger partial charge in [-0.3, -0.25) is 14.5 Å². The Morgan fingerprint density at radius 1 is 1.35 bits per heavy atom. The van der Waals surface area contributed by atoms with Crippen LogP contribution in [0.25, 0.3) is 11.3 Å². The van der Waals surface area contributed by atoms with Gasteiger partial charge in [0.1, 0.15) is 23.4 Å². The number of halogens is 1. The maximum Gasteiger partial charge on any atom is 0.269 e. The molecular weight excluding hydrogens is 397 g/mol. The lowest BCUT2D eigenvalue weighted by Crippen LogP contribution is -2.35. The number of amides is 1. The Labute approximate surface area is 180 Å². The highest BCUT2D eigenvalue weighted by atomic mass is 19.1. The molecule has 7 nitrogen and oxygen atoms in total. The minimum atomic E-state index is -0.365. The number of ether oxygens (including phenoxy) is 1. The number of fused-ring (bicyclic) bond motifs is 1.